The summed E-state index contributed by atoms with van der Waals surface area (Å²) in [6, 6.07) is 13.0. The number of carbonyl (C=O) groups is 2. The molecule has 0 atom stereocenters. The molecule has 0 spiro atoms. The topological polar surface area (TPSA) is 88.9 Å². The Hall–Kier alpha value is -3.13. The second-order valence-electron chi connectivity index (χ2n) is 6.79. The highest BCUT2D eigenvalue weighted by Gasteiger charge is 2.15. The molecule has 1 heterocycles. The fourth-order valence-corrected chi connectivity index (χ4v) is 3.61. The molecule has 3 rings (SSSR count). The fraction of sp³-hybridized carbons (Fsp3) is 0.238. The Morgan fingerprint density at radius 2 is 1.79 bits per heavy atom. The number of anilines is 1. The summed E-state index contributed by atoms with van der Waals surface area (Å²) >= 11 is 1.23. The van der Waals surface area contributed by atoms with Gasteiger partial charge in [0.1, 0.15) is 0 Å². The molecule has 0 bridgehead atoms. The lowest BCUT2D eigenvalue weighted by atomic mass is 10.1. The van der Waals surface area contributed by atoms with Gasteiger partial charge in [0.2, 0.25) is 5.91 Å². The van der Waals surface area contributed by atoms with Crippen LogP contribution in [0.25, 0.3) is 11.4 Å². The zero-order valence-electron chi connectivity index (χ0n) is 16.8. The average Bonchev–Trinajstić information content (AvgIpc) is 3.03. The number of nitrogens with one attached hydrogen (secondary N) is 2. The maximum Gasteiger partial charge on any atom is 0.325 e. The molecule has 2 aromatic carbocycles. The molecule has 7 nitrogen and oxygen atoms in total. The van der Waals surface area contributed by atoms with Gasteiger partial charge >= 0.3 is 6.03 Å². The highest BCUT2D eigenvalue weighted by molar-refractivity contribution is 7.99. The highest BCUT2D eigenvalue weighted by Crippen LogP contribution is 2.24. The summed E-state index contributed by atoms with van der Waals surface area (Å²) in [7, 11) is 1.86. The number of hydrogen-bond acceptors (Lipinski definition) is 5. The van der Waals surface area contributed by atoms with Gasteiger partial charge in [0.05, 0.1) is 5.75 Å². The van der Waals surface area contributed by atoms with Gasteiger partial charge in [-0.15, -0.1) is 10.2 Å². The van der Waals surface area contributed by atoms with Crippen molar-refractivity contribution in [3.8, 4) is 11.4 Å². The zero-order valence-corrected chi connectivity index (χ0v) is 17.6. The number of aryl methyl sites for hydroxylation is 3. The molecular formula is C21H23N5O2S. The lowest BCUT2D eigenvalue weighted by Gasteiger charge is -2.10. The molecule has 0 unspecified atom stereocenters. The van der Waals surface area contributed by atoms with E-state index < -0.39 is 11.9 Å². The van der Waals surface area contributed by atoms with Gasteiger partial charge in [0.25, 0.3) is 0 Å². The van der Waals surface area contributed by atoms with Crippen LogP contribution in [0.4, 0.5) is 10.5 Å². The first kappa shape index (κ1) is 20.6. The van der Waals surface area contributed by atoms with Gasteiger partial charge in [-0.25, -0.2) is 4.79 Å². The third kappa shape index (κ3) is 5.03. The van der Waals surface area contributed by atoms with Gasteiger partial charge in [-0.3, -0.25) is 10.1 Å². The smallest absolute Gasteiger partial charge is 0.307 e. The number of amides is 3. The molecule has 0 saturated heterocycles. The number of urea groups is 1. The number of benzene rings is 2. The monoisotopic (exact) mass is 409 g/mol. The number of nitrogens with zero attached hydrogens (tertiary/aromatic N) is 3. The summed E-state index contributed by atoms with van der Waals surface area (Å²) in [5.74, 6) is 0.386. The van der Waals surface area contributed by atoms with Crippen LogP contribution in [0.3, 0.4) is 0 Å². The Labute approximate surface area is 173 Å². The van der Waals surface area contributed by atoms with Crippen molar-refractivity contribution in [2.45, 2.75) is 25.9 Å². The van der Waals surface area contributed by atoms with Crippen LogP contribution in [0.2, 0.25) is 0 Å². The van der Waals surface area contributed by atoms with Crippen molar-refractivity contribution in [1.82, 2.24) is 20.1 Å². The van der Waals surface area contributed by atoms with Crippen LogP contribution in [0.5, 0.6) is 0 Å². The summed E-state index contributed by atoms with van der Waals surface area (Å²) in [6.45, 7) is 5.90. The summed E-state index contributed by atoms with van der Waals surface area (Å²) in [6.07, 6.45) is 0. The summed E-state index contributed by atoms with van der Waals surface area (Å²) < 4.78 is 1.84. The molecule has 3 amide bonds. The van der Waals surface area contributed by atoms with Crippen LogP contribution < -0.4 is 10.6 Å². The second kappa shape index (κ2) is 8.91. The van der Waals surface area contributed by atoms with Gasteiger partial charge in [0, 0.05) is 18.3 Å². The van der Waals surface area contributed by atoms with Gasteiger partial charge in [-0.2, -0.15) is 0 Å². The van der Waals surface area contributed by atoms with Crippen molar-refractivity contribution >= 4 is 29.4 Å². The Kier molecular flexibility index (Phi) is 6.33. The molecule has 0 aliphatic rings. The van der Waals surface area contributed by atoms with Crippen molar-refractivity contribution in [2.24, 2.45) is 7.05 Å². The summed E-state index contributed by atoms with van der Waals surface area (Å²) in [5, 5.41) is 14.0. The molecule has 8 heteroatoms. The number of carbonyl (C=O) groups excluding carboxylic acids is 2. The Morgan fingerprint density at radius 1 is 1.03 bits per heavy atom. The molecule has 0 fully saturated rings. The number of rotatable bonds is 5. The van der Waals surface area contributed by atoms with Crippen molar-refractivity contribution in [3.05, 3.63) is 59.2 Å². The molecule has 29 heavy (non-hydrogen) atoms. The fourth-order valence-electron chi connectivity index (χ4n) is 2.90. The maximum absolute atomic E-state index is 12.1. The van der Waals surface area contributed by atoms with Crippen LogP contribution in [-0.4, -0.2) is 32.5 Å². The number of thioether (sulfide) groups is 1. The second-order valence-corrected chi connectivity index (χ2v) is 7.73. The molecule has 150 valence electrons. The molecule has 0 aliphatic carbocycles. The van der Waals surface area contributed by atoms with E-state index in [4.69, 9.17) is 0 Å². The van der Waals surface area contributed by atoms with E-state index in [1.54, 1.807) is 0 Å². The van der Waals surface area contributed by atoms with E-state index in [-0.39, 0.29) is 5.75 Å². The van der Waals surface area contributed by atoms with Crippen molar-refractivity contribution in [1.29, 1.82) is 0 Å². The van der Waals surface area contributed by atoms with E-state index in [2.05, 4.69) is 20.8 Å². The Morgan fingerprint density at radius 3 is 2.52 bits per heavy atom. The van der Waals surface area contributed by atoms with E-state index in [0.29, 0.717) is 10.8 Å². The molecule has 3 aromatic rings. The molecule has 2 N–H and O–H groups in total. The van der Waals surface area contributed by atoms with Crippen molar-refractivity contribution in [3.63, 3.8) is 0 Å². The Bertz CT molecular complexity index is 1060. The normalized spacial score (nSPS) is 10.6. The summed E-state index contributed by atoms with van der Waals surface area (Å²) in [4.78, 5) is 24.2. The minimum Gasteiger partial charge on any atom is -0.307 e. The molecule has 0 radical (unpaired) electrons. The predicted octanol–water partition coefficient (Wildman–Crippen LogP) is 3.85. The van der Waals surface area contributed by atoms with Gasteiger partial charge in [0.15, 0.2) is 11.0 Å². The standard InChI is InChI=1S/C21H23N5O2S/c1-13-9-10-17(15(3)11-13)22-20(28)23-18(27)12-29-21-25-24-19(26(21)4)16-8-6-5-7-14(16)2/h5-11H,12H2,1-4H3,(H2,22,23,27,28). The van der Waals surface area contributed by atoms with E-state index >= 15 is 0 Å². The molecule has 0 saturated carbocycles. The minimum absolute atomic E-state index is 0.0556. The lowest BCUT2D eigenvalue weighted by molar-refractivity contribution is -0.117. The molecular weight excluding hydrogens is 386 g/mol. The minimum atomic E-state index is -0.555. The third-order valence-electron chi connectivity index (χ3n) is 4.44. The first-order valence-corrected chi connectivity index (χ1v) is 10.1. The van der Waals surface area contributed by atoms with E-state index in [9.17, 15) is 9.59 Å². The SMILES string of the molecule is Cc1ccc(NC(=O)NC(=O)CSc2nnc(-c3ccccc3C)n2C)c(C)c1. The highest BCUT2D eigenvalue weighted by atomic mass is 32.2. The van der Waals surface area contributed by atoms with E-state index in [1.165, 1.54) is 11.8 Å². The first-order chi connectivity index (χ1) is 13.8. The first-order valence-electron chi connectivity index (χ1n) is 9.11. The summed E-state index contributed by atoms with van der Waals surface area (Å²) in [5.41, 5.74) is 4.80. The van der Waals surface area contributed by atoms with Gasteiger partial charge in [-0.1, -0.05) is 53.7 Å². The van der Waals surface area contributed by atoms with Crippen LogP contribution >= 0.6 is 11.8 Å². The van der Waals surface area contributed by atoms with Crippen LogP contribution in [0.1, 0.15) is 16.7 Å². The lowest BCUT2D eigenvalue weighted by Crippen LogP contribution is -2.35. The number of hydrogen-bond donors (Lipinski definition) is 2. The van der Waals surface area contributed by atoms with E-state index in [0.717, 1.165) is 28.1 Å². The quantitative estimate of drug-likeness (QED) is 0.625. The van der Waals surface area contributed by atoms with Crippen LogP contribution in [-0.2, 0) is 11.8 Å². The largest absolute Gasteiger partial charge is 0.325 e. The van der Waals surface area contributed by atoms with Crippen molar-refractivity contribution < 1.29 is 9.59 Å². The van der Waals surface area contributed by atoms with Crippen LogP contribution in [0, 0.1) is 20.8 Å². The van der Waals surface area contributed by atoms with Gasteiger partial charge in [-0.05, 0) is 38.0 Å². The maximum atomic E-state index is 12.1. The Balaban J connectivity index is 1.57. The molecule has 1 aromatic heterocycles. The molecule has 0 aliphatic heterocycles. The van der Waals surface area contributed by atoms with E-state index in [1.807, 2.05) is 74.9 Å². The van der Waals surface area contributed by atoms with Crippen LogP contribution in [0.15, 0.2) is 47.6 Å². The van der Waals surface area contributed by atoms with Gasteiger partial charge < -0.3 is 9.88 Å². The number of imide groups is 1. The third-order valence-corrected chi connectivity index (χ3v) is 5.46. The average molecular weight is 410 g/mol. The van der Waals surface area contributed by atoms with Crippen molar-refractivity contribution in [2.75, 3.05) is 11.1 Å². The predicted molar refractivity (Wildman–Crippen MR) is 115 cm³/mol. The zero-order chi connectivity index (χ0) is 21.0. The number of aromatic nitrogens is 3.